The van der Waals surface area contributed by atoms with Gasteiger partial charge in [0.05, 0.1) is 39.1 Å². The predicted molar refractivity (Wildman–Crippen MR) is 142 cm³/mol. The molecule has 4 heterocycles. The van der Waals surface area contributed by atoms with Crippen LogP contribution in [-0.4, -0.2) is 62.1 Å². The standard InChI is InChI=1S/C25H22BrClN4O4S/c1-31(16-4-5-19(17(27)11-16)30-9-10-35-14-22(30)32)13-18(29-24(33)20-6-7-21(26)36-20)23(25(31)34)15-3-2-8-28-12-15/h2-8,11-12,18,23H,9-10,13-14H2,1H3/p+1. The monoisotopic (exact) mass is 589 g/mol. The maximum atomic E-state index is 14.0. The van der Waals surface area contributed by atoms with Crippen molar-refractivity contribution in [2.75, 3.05) is 38.3 Å². The number of hydrogen-bond donors (Lipinski definition) is 1. The van der Waals surface area contributed by atoms with Crippen LogP contribution in [0.25, 0.3) is 0 Å². The van der Waals surface area contributed by atoms with Crippen molar-refractivity contribution in [2.45, 2.75) is 12.0 Å². The van der Waals surface area contributed by atoms with Crippen molar-refractivity contribution >= 4 is 68.0 Å². The van der Waals surface area contributed by atoms with Gasteiger partial charge in [-0.2, -0.15) is 0 Å². The molecule has 3 unspecified atom stereocenters. The Morgan fingerprint density at radius 2 is 2.11 bits per heavy atom. The highest BCUT2D eigenvalue weighted by Crippen LogP contribution is 2.40. The number of nitrogens with one attached hydrogen (secondary N) is 1. The average molecular weight is 591 g/mol. The molecular formula is C25H23BrClN4O4S+. The van der Waals surface area contributed by atoms with Gasteiger partial charge in [0.2, 0.25) is 0 Å². The minimum atomic E-state index is -0.588. The van der Waals surface area contributed by atoms with E-state index in [9.17, 15) is 14.4 Å². The van der Waals surface area contributed by atoms with Crippen LogP contribution in [0.5, 0.6) is 0 Å². The van der Waals surface area contributed by atoms with E-state index in [0.717, 1.165) is 9.35 Å². The molecular weight excluding hydrogens is 568 g/mol. The molecule has 1 N–H and O–H groups in total. The van der Waals surface area contributed by atoms with E-state index in [-0.39, 0.29) is 28.8 Å². The number of thiophene rings is 1. The third kappa shape index (κ3) is 4.59. The van der Waals surface area contributed by atoms with E-state index in [4.69, 9.17) is 16.3 Å². The second-order valence-electron chi connectivity index (χ2n) is 8.89. The van der Waals surface area contributed by atoms with E-state index in [1.54, 1.807) is 41.6 Å². The van der Waals surface area contributed by atoms with Gasteiger partial charge in [0.15, 0.2) is 0 Å². The van der Waals surface area contributed by atoms with E-state index < -0.39 is 12.0 Å². The lowest BCUT2D eigenvalue weighted by Crippen LogP contribution is -2.49. The van der Waals surface area contributed by atoms with Crippen LogP contribution in [0.15, 0.2) is 58.6 Å². The average Bonchev–Trinajstić information content (AvgIpc) is 3.41. The van der Waals surface area contributed by atoms with Gasteiger partial charge in [0.25, 0.3) is 11.8 Å². The van der Waals surface area contributed by atoms with Crippen molar-refractivity contribution in [2.24, 2.45) is 0 Å². The number of benzene rings is 1. The number of quaternary nitrogens is 1. The van der Waals surface area contributed by atoms with Crippen LogP contribution < -0.4 is 14.7 Å². The van der Waals surface area contributed by atoms with Gasteiger partial charge in [-0.3, -0.25) is 14.6 Å². The number of ether oxygens (including phenoxy) is 1. The summed E-state index contributed by atoms with van der Waals surface area (Å²) in [5.74, 6) is -1.06. The van der Waals surface area contributed by atoms with Gasteiger partial charge in [0.1, 0.15) is 24.8 Å². The van der Waals surface area contributed by atoms with E-state index >= 15 is 0 Å². The molecule has 3 amide bonds. The molecule has 0 radical (unpaired) electrons. The molecule has 2 aliphatic rings. The summed E-state index contributed by atoms with van der Waals surface area (Å²) in [7, 11) is 1.82. The molecule has 3 aromatic rings. The Morgan fingerprint density at radius 3 is 2.78 bits per heavy atom. The highest BCUT2D eigenvalue weighted by atomic mass is 79.9. The Kier molecular flexibility index (Phi) is 6.97. The predicted octanol–water partition coefficient (Wildman–Crippen LogP) is 3.98. The van der Waals surface area contributed by atoms with Crippen LogP contribution >= 0.6 is 38.9 Å². The summed E-state index contributed by atoms with van der Waals surface area (Å²) in [5.41, 5.74) is 2.01. The molecule has 11 heteroatoms. The second kappa shape index (κ2) is 10.0. The summed E-state index contributed by atoms with van der Waals surface area (Å²) in [4.78, 5) is 45.7. The largest absolute Gasteiger partial charge is 0.370 e. The van der Waals surface area contributed by atoms with Crippen molar-refractivity contribution < 1.29 is 19.1 Å². The number of halogens is 2. The molecule has 2 aromatic heterocycles. The summed E-state index contributed by atoms with van der Waals surface area (Å²) in [6.07, 6.45) is 3.32. The number of aromatic nitrogens is 1. The molecule has 2 aliphatic heterocycles. The molecule has 2 saturated heterocycles. The normalized spacial score (nSPS) is 24.2. The summed E-state index contributed by atoms with van der Waals surface area (Å²) in [5, 5.41) is 3.46. The lowest BCUT2D eigenvalue weighted by atomic mass is 9.95. The minimum absolute atomic E-state index is 0.0132. The van der Waals surface area contributed by atoms with Crippen molar-refractivity contribution in [1.82, 2.24) is 14.8 Å². The molecule has 0 spiro atoms. The highest BCUT2D eigenvalue weighted by Gasteiger charge is 2.54. The number of amides is 3. The molecule has 8 nitrogen and oxygen atoms in total. The number of carbonyl (C=O) groups excluding carboxylic acids is 3. The first-order valence-corrected chi connectivity index (χ1v) is 13.3. The summed E-state index contributed by atoms with van der Waals surface area (Å²) in [6.45, 7) is 1.20. The molecule has 0 aliphatic carbocycles. The van der Waals surface area contributed by atoms with E-state index in [2.05, 4.69) is 26.2 Å². The van der Waals surface area contributed by atoms with Gasteiger partial charge in [-0.15, -0.1) is 11.3 Å². The number of pyridine rings is 1. The molecule has 3 atom stereocenters. The van der Waals surface area contributed by atoms with Crippen LogP contribution in [0.1, 0.15) is 21.2 Å². The Labute approximate surface area is 225 Å². The molecule has 186 valence electrons. The first kappa shape index (κ1) is 25.0. The maximum absolute atomic E-state index is 14.0. The number of likely N-dealkylation sites (N-methyl/N-ethyl adjacent to an activating group) is 1. The van der Waals surface area contributed by atoms with Crippen LogP contribution in [0, 0.1) is 0 Å². The zero-order chi connectivity index (χ0) is 25.4. The minimum Gasteiger partial charge on any atom is -0.370 e. The fourth-order valence-corrected chi connectivity index (χ4v) is 6.40. The van der Waals surface area contributed by atoms with Gasteiger partial charge < -0.3 is 15.0 Å². The highest BCUT2D eigenvalue weighted by molar-refractivity contribution is 9.11. The van der Waals surface area contributed by atoms with Crippen molar-refractivity contribution in [1.29, 1.82) is 0 Å². The Bertz CT molecular complexity index is 1340. The number of anilines is 1. The number of carbonyl (C=O) groups is 3. The summed E-state index contributed by atoms with van der Waals surface area (Å²) >= 11 is 11.4. The molecule has 2 fully saturated rings. The van der Waals surface area contributed by atoms with E-state index in [1.165, 1.54) is 11.3 Å². The maximum Gasteiger partial charge on any atom is 0.328 e. The third-order valence-corrected chi connectivity index (χ3v) is 8.58. The van der Waals surface area contributed by atoms with Gasteiger partial charge in [0, 0.05) is 31.1 Å². The van der Waals surface area contributed by atoms with Crippen molar-refractivity contribution in [3.05, 3.63) is 74.1 Å². The number of nitrogens with zero attached hydrogens (tertiary/aromatic N) is 3. The zero-order valence-electron chi connectivity index (χ0n) is 19.3. The SMILES string of the molecule is C[N+]1(c2ccc(N3CCOCC3=O)c(Cl)c2)CC(NC(=O)c2ccc(Br)s2)C(c2cccnc2)C1=O. The van der Waals surface area contributed by atoms with Crippen LogP contribution in [0.2, 0.25) is 5.02 Å². The van der Waals surface area contributed by atoms with Gasteiger partial charge >= 0.3 is 5.91 Å². The number of rotatable bonds is 5. The molecule has 0 saturated carbocycles. The quantitative estimate of drug-likeness (QED) is 0.454. The van der Waals surface area contributed by atoms with Gasteiger partial charge in [-0.1, -0.05) is 17.7 Å². The number of likely N-dealkylation sites (tertiary alicyclic amines) is 1. The molecule has 36 heavy (non-hydrogen) atoms. The fraction of sp³-hybridized carbons (Fsp3) is 0.280. The smallest absolute Gasteiger partial charge is 0.328 e. The van der Waals surface area contributed by atoms with Crippen molar-refractivity contribution in [3.63, 3.8) is 0 Å². The molecule has 5 rings (SSSR count). The summed E-state index contributed by atoms with van der Waals surface area (Å²) < 4.78 is 6.01. The van der Waals surface area contributed by atoms with Gasteiger partial charge in [-0.25, -0.2) is 9.28 Å². The number of hydrogen-bond acceptors (Lipinski definition) is 6. The molecule has 0 bridgehead atoms. The number of morpholine rings is 1. The Balaban J connectivity index is 1.48. The second-order valence-corrected chi connectivity index (χ2v) is 11.8. The van der Waals surface area contributed by atoms with Gasteiger partial charge in [-0.05, 0) is 45.8 Å². The van der Waals surface area contributed by atoms with Crippen LogP contribution in [-0.2, 0) is 14.3 Å². The lowest BCUT2D eigenvalue weighted by molar-refractivity contribution is -0.127. The van der Waals surface area contributed by atoms with Crippen LogP contribution in [0.3, 0.4) is 0 Å². The van der Waals surface area contributed by atoms with E-state index in [1.807, 2.05) is 25.2 Å². The fourth-order valence-electron chi connectivity index (χ4n) is 4.83. The third-order valence-electron chi connectivity index (χ3n) is 6.65. The topological polar surface area (TPSA) is 88.6 Å². The van der Waals surface area contributed by atoms with Crippen LogP contribution in [0.4, 0.5) is 11.4 Å². The van der Waals surface area contributed by atoms with E-state index in [0.29, 0.717) is 41.0 Å². The zero-order valence-corrected chi connectivity index (χ0v) is 22.5. The Morgan fingerprint density at radius 1 is 1.28 bits per heavy atom. The van der Waals surface area contributed by atoms with Crippen molar-refractivity contribution in [3.8, 4) is 0 Å². The Hall–Kier alpha value is -2.63. The summed E-state index contributed by atoms with van der Waals surface area (Å²) in [6, 6.07) is 12.1. The first-order chi connectivity index (χ1) is 17.3. The lowest BCUT2D eigenvalue weighted by Gasteiger charge is -2.30. The molecule has 1 aromatic carbocycles. The first-order valence-electron chi connectivity index (χ1n) is 11.3.